The molecule has 0 bridgehead atoms. The monoisotopic (exact) mass is 292 g/mol. The number of esters is 1. The van der Waals surface area contributed by atoms with Crippen LogP contribution in [0.25, 0.3) is 0 Å². The molecule has 0 amide bonds. The third-order valence-electron chi connectivity index (χ3n) is 2.90. The van der Waals surface area contributed by atoms with E-state index in [9.17, 15) is 9.18 Å². The van der Waals surface area contributed by atoms with Crippen molar-refractivity contribution in [2.45, 2.75) is 19.4 Å². The zero-order valence-corrected chi connectivity index (χ0v) is 11.6. The average Bonchev–Trinajstić information content (AvgIpc) is 2.45. The molecule has 0 atom stereocenters. The molecule has 104 valence electrons. The van der Waals surface area contributed by atoms with Crippen LogP contribution in [-0.2, 0) is 22.6 Å². The molecule has 2 nitrogen and oxygen atoms in total. The summed E-state index contributed by atoms with van der Waals surface area (Å²) in [4.78, 5) is 11.6. The van der Waals surface area contributed by atoms with E-state index < -0.39 is 0 Å². The molecule has 0 N–H and O–H groups in total. The molecule has 0 aliphatic heterocycles. The van der Waals surface area contributed by atoms with Crippen molar-refractivity contribution in [2.75, 3.05) is 0 Å². The van der Waals surface area contributed by atoms with Gasteiger partial charge in [-0.3, -0.25) is 4.79 Å². The molecule has 0 aromatic heterocycles. The standard InChI is InChI=1S/C16H14ClFO2/c17-14-7-3-1-5-12(14)9-10-16(19)20-11-13-6-2-4-8-15(13)18/h1-8H,9-11H2. The fraction of sp³-hybridized carbons (Fsp3) is 0.188. The second-order valence-electron chi connectivity index (χ2n) is 4.34. The van der Waals surface area contributed by atoms with Crippen molar-refractivity contribution < 1.29 is 13.9 Å². The lowest BCUT2D eigenvalue weighted by Crippen LogP contribution is -2.07. The summed E-state index contributed by atoms with van der Waals surface area (Å²) in [7, 11) is 0. The highest BCUT2D eigenvalue weighted by molar-refractivity contribution is 6.31. The highest BCUT2D eigenvalue weighted by atomic mass is 35.5. The van der Waals surface area contributed by atoms with E-state index in [2.05, 4.69) is 0 Å². The summed E-state index contributed by atoms with van der Waals surface area (Å²) < 4.78 is 18.4. The molecular formula is C16H14ClFO2. The van der Waals surface area contributed by atoms with Gasteiger partial charge >= 0.3 is 5.97 Å². The molecule has 2 aromatic carbocycles. The Kier molecular flexibility index (Phi) is 5.13. The summed E-state index contributed by atoms with van der Waals surface area (Å²) in [5.41, 5.74) is 1.27. The molecule has 2 aromatic rings. The molecule has 0 saturated heterocycles. The van der Waals surface area contributed by atoms with Gasteiger partial charge in [0.25, 0.3) is 0 Å². The van der Waals surface area contributed by atoms with Crippen LogP contribution in [-0.4, -0.2) is 5.97 Å². The molecule has 4 heteroatoms. The maximum atomic E-state index is 13.3. The number of halogens is 2. The van der Waals surface area contributed by atoms with Gasteiger partial charge in [-0.15, -0.1) is 0 Å². The van der Waals surface area contributed by atoms with E-state index in [1.807, 2.05) is 18.2 Å². The molecule has 0 radical (unpaired) electrons. The lowest BCUT2D eigenvalue weighted by molar-refractivity contribution is -0.144. The summed E-state index contributed by atoms with van der Waals surface area (Å²) in [6, 6.07) is 13.6. The molecule has 0 aliphatic carbocycles. The third kappa shape index (κ3) is 4.07. The first kappa shape index (κ1) is 14.5. The van der Waals surface area contributed by atoms with Gasteiger partial charge in [-0.2, -0.15) is 0 Å². The Morgan fingerprint density at radius 2 is 1.70 bits per heavy atom. The van der Waals surface area contributed by atoms with E-state index in [1.54, 1.807) is 24.3 Å². The first-order valence-corrected chi connectivity index (χ1v) is 6.67. The molecular weight excluding hydrogens is 279 g/mol. The molecule has 0 spiro atoms. The molecule has 0 unspecified atom stereocenters. The molecule has 0 saturated carbocycles. The zero-order valence-electron chi connectivity index (χ0n) is 10.8. The highest BCUT2D eigenvalue weighted by Crippen LogP contribution is 2.17. The van der Waals surface area contributed by atoms with Gasteiger partial charge in [-0.1, -0.05) is 48.0 Å². The van der Waals surface area contributed by atoms with Crippen molar-refractivity contribution in [2.24, 2.45) is 0 Å². The number of hydrogen-bond acceptors (Lipinski definition) is 2. The number of aryl methyl sites for hydroxylation is 1. The van der Waals surface area contributed by atoms with E-state index in [0.717, 1.165) is 5.56 Å². The maximum Gasteiger partial charge on any atom is 0.306 e. The quantitative estimate of drug-likeness (QED) is 0.774. The maximum absolute atomic E-state index is 13.3. The van der Waals surface area contributed by atoms with E-state index in [1.165, 1.54) is 6.07 Å². The second kappa shape index (κ2) is 7.06. The summed E-state index contributed by atoms with van der Waals surface area (Å²) in [6.45, 7) is -0.0476. The fourth-order valence-corrected chi connectivity index (χ4v) is 2.01. The Hall–Kier alpha value is -1.87. The number of ether oxygens (including phenoxy) is 1. The van der Waals surface area contributed by atoms with Crippen molar-refractivity contribution in [1.82, 2.24) is 0 Å². The van der Waals surface area contributed by atoms with Crippen LogP contribution in [0.3, 0.4) is 0 Å². The van der Waals surface area contributed by atoms with Gasteiger partial charge in [0, 0.05) is 17.0 Å². The zero-order chi connectivity index (χ0) is 14.4. The van der Waals surface area contributed by atoms with Crippen molar-refractivity contribution >= 4 is 17.6 Å². The van der Waals surface area contributed by atoms with Gasteiger partial charge in [-0.05, 0) is 24.1 Å². The molecule has 20 heavy (non-hydrogen) atoms. The summed E-state index contributed by atoms with van der Waals surface area (Å²) in [5, 5.41) is 0.634. The topological polar surface area (TPSA) is 26.3 Å². The average molecular weight is 293 g/mol. The summed E-state index contributed by atoms with van der Waals surface area (Å²) in [6.07, 6.45) is 0.730. The molecule has 0 fully saturated rings. The minimum atomic E-state index is -0.369. The number of rotatable bonds is 5. The Morgan fingerprint density at radius 3 is 2.40 bits per heavy atom. The van der Waals surface area contributed by atoms with Crippen LogP contribution in [0.1, 0.15) is 17.5 Å². The van der Waals surface area contributed by atoms with Crippen LogP contribution in [0.5, 0.6) is 0 Å². The van der Waals surface area contributed by atoms with Crippen LogP contribution < -0.4 is 0 Å². The Morgan fingerprint density at radius 1 is 1.05 bits per heavy atom. The van der Waals surface area contributed by atoms with Crippen LogP contribution >= 0.6 is 11.6 Å². The molecule has 2 rings (SSSR count). The largest absolute Gasteiger partial charge is 0.461 e. The number of benzene rings is 2. The summed E-state index contributed by atoms with van der Waals surface area (Å²) >= 11 is 6.00. The minimum absolute atomic E-state index is 0.0476. The van der Waals surface area contributed by atoms with Crippen LogP contribution in [0.2, 0.25) is 5.02 Å². The predicted molar refractivity (Wildman–Crippen MR) is 76.0 cm³/mol. The third-order valence-corrected chi connectivity index (χ3v) is 3.27. The number of hydrogen-bond donors (Lipinski definition) is 0. The Labute approximate surface area is 122 Å². The first-order valence-electron chi connectivity index (χ1n) is 6.29. The lowest BCUT2D eigenvalue weighted by Gasteiger charge is -2.06. The summed E-state index contributed by atoms with van der Waals surface area (Å²) in [5.74, 6) is -0.737. The van der Waals surface area contributed by atoms with E-state index in [4.69, 9.17) is 16.3 Å². The predicted octanol–water partition coefficient (Wildman–Crippen LogP) is 4.16. The van der Waals surface area contributed by atoms with Gasteiger partial charge in [0.2, 0.25) is 0 Å². The van der Waals surface area contributed by atoms with E-state index in [0.29, 0.717) is 17.0 Å². The van der Waals surface area contributed by atoms with Crippen LogP contribution in [0.15, 0.2) is 48.5 Å². The van der Waals surface area contributed by atoms with Gasteiger partial charge in [0.15, 0.2) is 0 Å². The van der Waals surface area contributed by atoms with Gasteiger partial charge < -0.3 is 4.74 Å². The Bertz CT molecular complexity index is 547. The minimum Gasteiger partial charge on any atom is -0.461 e. The van der Waals surface area contributed by atoms with Gasteiger partial charge in [-0.25, -0.2) is 4.39 Å². The van der Waals surface area contributed by atoms with Gasteiger partial charge in [0.1, 0.15) is 12.4 Å². The number of carbonyl (C=O) groups is 1. The van der Waals surface area contributed by atoms with Gasteiger partial charge in [0.05, 0.1) is 0 Å². The van der Waals surface area contributed by atoms with E-state index >= 15 is 0 Å². The van der Waals surface area contributed by atoms with E-state index in [-0.39, 0.29) is 24.8 Å². The highest BCUT2D eigenvalue weighted by Gasteiger charge is 2.08. The first-order chi connectivity index (χ1) is 9.66. The molecule has 0 heterocycles. The molecule has 0 aliphatic rings. The normalized spacial score (nSPS) is 10.3. The Balaban J connectivity index is 1.82. The SMILES string of the molecule is O=C(CCc1ccccc1Cl)OCc1ccccc1F. The smallest absolute Gasteiger partial charge is 0.306 e. The number of carbonyl (C=O) groups excluding carboxylic acids is 1. The van der Waals surface area contributed by atoms with Crippen molar-refractivity contribution in [3.63, 3.8) is 0 Å². The second-order valence-corrected chi connectivity index (χ2v) is 4.75. The fourth-order valence-electron chi connectivity index (χ4n) is 1.78. The van der Waals surface area contributed by atoms with Crippen molar-refractivity contribution in [3.8, 4) is 0 Å². The van der Waals surface area contributed by atoms with Crippen LogP contribution in [0.4, 0.5) is 4.39 Å². The van der Waals surface area contributed by atoms with Crippen LogP contribution in [0, 0.1) is 5.82 Å². The lowest BCUT2D eigenvalue weighted by atomic mass is 10.1. The van der Waals surface area contributed by atoms with Crippen molar-refractivity contribution in [1.29, 1.82) is 0 Å². The van der Waals surface area contributed by atoms with Crippen molar-refractivity contribution in [3.05, 3.63) is 70.5 Å².